The zero-order valence-electron chi connectivity index (χ0n) is 11.9. The number of aliphatic hydroxyl groups is 1. The van der Waals surface area contributed by atoms with Gasteiger partial charge in [-0.3, -0.25) is 0 Å². The highest BCUT2D eigenvalue weighted by Gasteiger charge is 2.18. The number of methoxy groups -OCH3 is 2. The van der Waals surface area contributed by atoms with Crippen LogP contribution in [0.25, 0.3) is 0 Å². The molecular weight excluding hydrogens is 254 g/mol. The number of hydrogen-bond donors (Lipinski definition) is 2. The number of benzene rings is 2. The molecule has 0 heterocycles. The maximum Gasteiger partial charge on any atom is 0.128 e. The summed E-state index contributed by atoms with van der Waals surface area (Å²) < 4.78 is 10.5. The van der Waals surface area contributed by atoms with Crippen molar-refractivity contribution in [1.29, 1.82) is 0 Å². The molecule has 0 bridgehead atoms. The van der Waals surface area contributed by atoms with Gasteiger partial charge in [-0.1, -0.05) is 12.1 Å². The monoisotopic (exact) mass is 273 g/mol. The second kappa shape index (κ2) is 5.84. The molecule has 2 aromatic rings. The number of ether oxygens (including phenoxy) is 2. The van der Waals surface area contributed by atoms with Crippen LogP contribution in [-0.4, -0.2) is 19.3 Å². The van der Waals surface area contributed by atoms with Gasteiger partial charge in [0.15, 0.2) is 0 Å². The molecule has 0 spiro atoms. The molecule has 3 N–H and O–H groups in total. The Morgan fingerprint density at radius 3 is 2.45 bits per heavy atom. The van der Waals surface area contributed by atoms with Crippen LogP contribution in [0.15, 0.2) is 36.4 Å². The van der Waals surface area contributed by atoms with Crippen molar-refractivity contribution in [3.63, 3.8) is 0 Å². The van der Waals surface area contributed by atoms with Crippen LogP contribution in [-0.2, 0) is 0 Å². The number of aliphatic hydroxyl groups excluding tert-OH is 1. The lowest BCUT2D eigenvalue weighted by molar-refractivity contribution is 0.214. The van der Waals surface area contributed by atoms with E-state index < -0.39 is 6.10 Å². The van der Waals surface area contributed by atoms with E-state index in [1.54, 1.807) is 32.4 Å². The van der Waals surface area contributed by atoms with Gasteiger partial charge in [0.2, 0.25) is 0 Å². The number of hydrogen-bond acceptors (Lipinski definition) is 4. The van der Waals surface area contributed by atoms with Crippen LogP contribution in [0.1, 0.15) is 22.8 Å². The molecule has 0 aliphatic carbocycles. The van der Waals surface area contributed by atoms with Crippen LogP contribution in [0.5, 0.6) is 11.5 Å². The first-order valence-corrected chi connectivity index (χ1v) is 6.33. The summed E-state index contributed by atoms with van der Waals surface area (Å²) in [5.41, 5.74) is 8.88. The van der Waals surface area contributed by atoms with Crippen molar-refractivity contribution in [2.75, 3.05) is 20.0 Å². The highest BCUT2D eigenvalue weighted by atomic mass is 16.5. The highest BCUT2D eigenvalue weighted by Crippen LogP contribution is 2.35. The van der Waals surface area contributed by atoms with Gasteiger partial charge in [-0.25, -0.2) is 0 Å². The van der Waals surface area contributed by atoms with E-state index in [9.17, 15) is 5.11 Å². The molecule has 0 radical (unpaired) electrons. The second-order valence-electron chi connectivity index (χ2n) is 4.57. The predicted molar refractivity (Wildman–Crippen MR) is 79.2 cm³/mol. The molecule has 0 unspecified atom stereocenters. The molecule has 4 nitrogen and oxygen atoms in total. The molecule has 0 aliphatic heterocycles. The Balaban J connectivity index is 2.47. The van der Waals surface area contributed by atoms with Crippen molar-refractivity contribution in [3.8, 4) is 11.5 Å². The lowest BCUT2D eigenvalue weighted by atomic mass is 9.96. The number of rotatable bonds is 4. The quantitative estimate of drug-likeness (QED) is 0.841. The average Bonchev–Trinajstić information content (AvgIpc) is 2.48. The standard InChI is InChI=1S/C16H19NO3/c1-10-12(5-4-6-14(10)17)16(18)13-8-7-11(19-2)9-15(13)20-3/h4-9,16,18H,17H2,1-3H3/t16-/m1/s1. The lowest BCUT2D eigenvalue weighted by Crippen LogP contribution is -2.06. The number of nitrogen functional groups attached to an aromatic ring is 1. The van der Waals surface area contributed by atoms with Gasteiger partial charge in [-0.15, -0.1) is 0 Å². The largest absolute Gasteiger partial charge is 0.497 e. The predicted octanol–water partition coefficient (Wildman–Crippen LogP) is 2.68. The smallest absolute Gasteiger partial charge is 0.128 e. The van der Waals surface area contributed by atoms with Crippen LogP contribution < -0.4 is 15.2 Å². The third-order valence-electron chi connectivity index (χ3n) is 3.45. The summed E-state index contributed by atoms with van der Waals surface area (Å²) in [4.78, 5) is 0. The fraction of sp³-hybridized carbons (Fsp3) is 0.250. The Kier molecular flexibility index (Phi) is 4.15. The zero-order valence-corrected chi connectivity index (χ0v) is 11.9. The summed E-state index contributed by atoms with van der Waals surface area (Å²) in [5, 5.41) is 10.6. The fourth-order valence-corrected chi connectivity index (χ4v) is 2.18. The van der Waals surface area contributed by atoms with Crippen LogP contribution in [0, 0.1) is 6.92 Å². The molecule has 0 fully saturated rings. The van der Waals surface area contributed by atoms with E-state index in [0.717, 1.165) is 11.1 Å². The van der Waals surface area contributed by atoms with Gasteiger partial charge in [-0.05, 0) is 36.2 Å². The first-order chi connectivity index (χ1) is 9.58. The summed E-state index contributed by atoms with van der Waals surface area (Å²) in [6, 6.07) is 10.8. The summed E-state index contributed by atoms with van der Waals surface area (Å²) in [5.74, 6) is 1.26. The van der Waals surface area contributed by atoms with E-state index in [2.05, 4.69) is 0 Å². The van der Waals surface area contributed by atoms with E-state index in [0.29, 0.717) is 22.7 Å². The van der Waals surface area contributed by atoms with E-state index in [1.165, 1.54) is 0 Å². The number of nitrogens with two attached hydrogens (primary N) is 1. The first-order valence-electron chi connectivity index (χ1n) is 6.33. The highest BCUT2D eigenvalue weighted by molar-refractivity contribution is 5.54. The molecule has 1 atom stereocenters. The van der Waals surface area contributed by atoms with Gasteiger partial charge < -0.3 is 20.3 Å². The van der Waals surface area contributed by atoms with Crippen molar-refractivity contribution in [2.45, 2.75) is 13.0 Å². The van der Waals surface area contributed by atoms with Crippen LogP contribution >= 0.6 is 0 Å². The third kappa shape index (κ3) is 2.56. The van der Waals surface area contributed by atoms with Crippen LogP contribution in [0.4, 0.5) is 5.69 Å². The van der Waals surface area contributed by atoms with E-state index in [-0.39, 0.29) is 0 Å². The van der Waals surface area contributed by atoms with Gasteiger partial charge in [-0.2, -0.15) is 0 Å². The van der Waals surface area contributed by atoms with Crippen molar-refractivity contribution < 1.29 is 14.6 Å². The normalized spacial score (nSPS) is 12.0. The van der Waals surface area contributed by atoms with Crippen LogP contribution in [0.2, 0.25) is 0 Å². The summed E-state index contributed by atoms with van der Waals surface area (Å²) in [7, 11) is 3.16. The van der Waals surface area contributed by atoms with Crippen molar-refractivity contribution in [2.24, 2.45) is 0 Å². The zero-order chi connectivity index (χ0) is 14.7. The van der Waals surface area contributed by atoms with Crippen molar-refractivity contribution in [3.05, 3.63) is 53.1 Å². The Morgan fingerprint density at radius 2 is 1.80 bits per heavy atom. The number of anilines is 1. The van der Waals surface area contributed by atoms with Gasteiger partial charge in [0.05, 0.1) is 14.2 Å². The van der Waals surface area contributed by atoms with Gasteiger partial charge in [0.1, 0.15) is 17.6 Å². The summed E-state index contributed by atoms with van der Waals surface area (Å²) >= 11 is 0. The Bertz CT molecular complexity index is 611. The van der Waals surface area contributed by atoms with Gasteiger partial charge in [0, 0.05) is 17.3 Å². The minimum Gasteiger partial charge on any atom is -0.497 e. The SMILES string of the molecule is COc1ccc([C@H](O)c2cccc(N)c2C)c(OC)c1. The average molecular weight is 273 g/mol. The van der Waals surface area contributed by atoms with E-state index in [1.807, 2.05) is 25.1 Å². The molecule has 20 heavy (non-hydrogen) atoms. The fourth-order valence-electron chi connectivity index (χ4n) is 2.18. The first kappa shape index (κ1) is 14.2. The third-order valence-corrected chi connectivity index (χ3v) is 3.45. The molecule has 0 aromatic heterocycles. The maximum absolute atomic E-state index is 10.6. The Labute approximate surface area is 118 Å². The van der Waals surface area contributed by atoms with Crippen molar-refractivity contribution in [1.82, 2.24) is 0 Å². The second-order valence-corrected chi connectivity index (χ2v) is 4.57. The molecule has 0 amide bonds. The minimum absolute atomic E-state index is 0.582. The van der Waals surface area contributed by atoms with Crippen LogP contribution in [0.3, 0.4) is 0 Å². The topological polar surface area (TPSA) is 64.7 Å². The molecule has 106 valence electrons. The molecule has 2 aromatic carbocycles. The van der Waals surface area contributed by atoms with Gasteiger partial charge >= 0.3 is 0 Å². The Hall–Kier alpha value is -2.20. The van der Waals surface area contributed by atoms with E-state index >= 15 is 0 Å². The Morgan fingerprint density at radius 1 is 1.05 bits per heavy atom. The van der Waals surface area contributed by atoms with E-state index in [4.69, 9.17) is 15.2 Å². The molecule has 0 saturated carbocycles. The van der Waals surface area contributed by atoms with Crippen molar-refractivity contribution >= 4 is 5.69 Å². The van der Waals surface area contributed by atoms with Gasteiger partial charge in [0.25, 0.3) is 0 Å². The summed E-state index contributed by atoms with van der Waals surface area (Å²) in [6.45, 7) is 1.89. The summed E-state index contributed by atoms with van der Waals surface area (Å²) in [6.07, 6.45) is -0.792. The lowest BCUT2D eigenvalue weighted by Gasteiger charge is -2.18. The minimum atomic E-state index is -0.792. The molecule has 0 aliphatic rings. The maximum atomic E-state index is 10.6. The molecule has 2 rings (SSSR count). The molecule has 0 saturated heterocycles. The molecular formula is C16H19NO3. The molecule has 4 heteroatoms.